The van der Waals surface area contributed by atoms with Gasteiger partial charge in [-0.3, -0.25) is 9.59 Å². The molecule has 1 aromatic heterocycles. The molecule has 1 N–H and O–H groups in total. The Labute approximate surface area is 203 Å². The molecule has 0 saturated heterocycles. The van der Waals surface area contributed by atoms with Crippen LogP contribution in [0.1, 0.15) is 55.3 Å². The first-order valence-electron chi connectivity index (χ1n) is 11.4. The number of benzene rings is 2. The lowest BCUT2D eigenvalue weighted by Crippen LogP contribution is -2.46. The molecule has 1 atom stereocenters. The van der Waals surface area contributed by atoms with Crippen molar-refractivity contribution in [3.8, 4) is 5.75 Å². The fraction of sp³-hybridized carbons (Fsp3) is 0.385. The SMILES string of the molecule is COc1ccc2c(c1)CCN(C(=O)Cc1nnc(C)o1)C2C(=O)Nc1ccc(C(C)(C)C)c(F)c1. The Morgan fingerprint density at radius 1 is 1.20 bits per heavy atom. The van der Waals surface area contributed by atoms with Crippen molar-refractivity contribution < 1.29 is 23.1 Å². The van der Waals surface area contributed by atoms with Gasteiger partial charge in [-0.15, -0.1) is 10.2 Å². The fourth-order valence-corrected chi connectivity index (χ4v) is 4.33. The van der Waals surface area contributed by atoms with Crippen LogP contribution in [0.3, 0.4) is 0 Å². The molecule has 184 valence electrons. The lowest BCUT2D eigenvalue weighted by molar-refractivity contribution is -0.139. The van der Waals surface area contributed by atoms with Crippen LogP contribution in [0.4, 0.5) is 10.1 Å². The Morgan fingerprint density at radius 2 is 1.97 bits per heavy atom. The van der Waals surface area contributed by atoms with Crippen LogP contribution < -0.4 is 10.1 Å². The van der Waals surface area contributed by atoms with Crippen molar-refractivity contribution in [3.63, 3.8) is 0 Å². The van der Waals surface area contributed by atoms with E-state index in [0.29, 0.717) is 41.4 Å². The van der Waals surface area contributed by atoms with E-state index >= 15 is 0 Å². The van der Waals surface area contributed by atoms with Crippen molar-refractivity contribution >= 4 is 17.5 Å². The first-order chi connectivity index (χ1) is 16.6. The van der Waals surface area contributed by atoms with Crippen molar-refractivity contribution in [2.75, 3.05) is 19.0 Å². The van der Waals surface area contributed by atoms with Gasteiger partial charge in [0.05, 0.1) is 7.11 Å². The molecule has 0 aliphatic carbocycles. The minimum Gasteiger partial charge on any atom is -0.497 e. The van der Waals surface area contributed by atoms with E-state index in [-0.39, 0.29) is 23.6 Å². The van der Waals surface area contributed by atoms with Crippen LogP contribution >= 0.6 is 0 Å². The zero-order valence-corrected chi connectivity index (χ0v) is 20.5. The summed E-state index contributed by atoms with van der Waals surface area (Å²) in [7, 11) is 1.58. The summed E-state index contributed by atoms with van der Waals surface area (Å²) in [5.74, 6) is 0.0668. The first-order valence-corrected chi connectivity index (χ1v) is 11.4. The quantitative estimate of drug-likeness (QED) is 0.590. The molecule has 4 rings (SSSR count). The molecule has 1 aliphatic heterocycles. The zero-order valence-electron chi connectivity index (χ0n) is 20.5. The summed E-state index contributed by atoms with van der Waals surface area (Å²) in [6.45, 7) is 7.73. The molecular weight excluding hydrogens is 451 g/mol. The fourth-order valence-electron chi connectivity index (χ4n) is 4.33. The lowest BCUT2D eigenvalue weighted by Gasteiger charge is -2.36. The molecule has 0 bridgehead atoms. The molecule has 35 heavy (non-hydrogen) atoms. The van der Waals surface area contributed by atoms with Gasteiger partial charge in [0.1, 0.15) is 24.0 Å². The molecule has 9 heteroatoms. The van der Waals surface area contributed by atoms with Gasteiger partial charge in [-0.05, 0) is 52.8 Å². The highest BCUT2D eigenvalue weighted by Gasteiger charge is 2.37. The molecular formula is C26H29FN4O4. The Balaban J connectivity index is 1.65. The van der Waals surface area contributed by atoms with E-state index in [4.69, 9.17) is 9.15 Å². The van der Waals surface area contributed by atoms with Crippen molar-refractivity contribution in [1.29, 1.82) is 0 Å². The van der Waals surface area contributed by atoms with Gasteiger partial charge >= 0.3 is 0 Å². The molecule has 1 aliphatic rings. The van der Waals surface area contributed by atoms with Gasteiger partial charge in [0, 0.05) is 19.2 Å². The highest BCUT2D eigenvalue weighted by molar-refractivity contribution is 5.98. The van der Waals surface area contributed by atoms with Crippen LogP contribution in [0.15, 0.2) is 40.8 Å². The molecule has 0 radical (unpaired) electrons. The number of carbonyl (C=O) groups is 2. The van der Waals surface area contributed by atoms with Crippen LogP contribution in [-0.2, 0) is 27.8 Å². The summed E-state index contributed by atoms with van der Waals surface area (Å²) in [5.41, 5.74) is 2.11. The van der Waals surface area contributed by atoms with Gasteiger partial charge in [0.2, 0.25) is 17.7 Å². The van der Waals surface area contributed by atoms with E-state index in [2.05, 4.69) is 15.5 Å². The first kappa shape index (κ1) is 24.4. The molecule has 2 amide bonds. The number of carbonyl (C=O) groups excluding carboxylic acids is 2. The van der Waals surface area contributed by atoms with E-state index in [0.717, 1.165) is 5.56 Å². The maximum absolute atomic E-state index is 14.8. The molecule has 0 spiro atoms. The summed E-state index contributed by atoms with van der Waals surface area (Å²) in [5, 5.41) is 10.5. The van der Waals surface area contributed by atoms with E-state index in [9.17, 15) is 14.0 Å². The minimum atomic E-state index is -0.911. The summed E-state index contributed by atoms with van der Waals surface area (Å²) in [6, 6.07) is 9.16. The third kappa shape index (κ3) is 5.18. The van der Waals surface area contributed by atoms with Gasteiger partial charge < -0.3 is 19.4 Å². The molecule has 8 nitrogen and oxygen atoms in total. The number of anilines is 1. The Morgan fingerprint density at radius 3 is 2.60 bits per heavy atom. The molecule has 0 saturated carbocycles. The average molecular weight is 481 g/mol. The number of hydrogen-bond acceptors (Lipinski definition) is 6. The Bertz CT molecular complexity index is 1260. The standard InChI is InChI=1S/C26H29FN4O4/c1-15-29-30-22(35-15)14-23(32)31-11-10-16-12-18(34-5)7-8-19(16)24(31)25(33)28-17-6-9-20(21(27)13-17)26(2,3)4/h6-9,12-13,24H,10-11,14H2,1-5H3,(H,28,33). The van der Waals surface area contributed by atoms with E-state index in [1.807, 2.05) is 26.8 Å². The number of aromatic nitrogens is 2. The zero-order chi connectivity index (χ0) is 25.3. The van der Waals surface area contributed by atoms with Gasteiger partial charge in [0.25, 0.3) is 5.91 Å². The highest BCUT2D eigenvalue weighted by Crippen LogP contribution is 2.34. The molecule has 1 unspecified atom stereocenters. The highest BCUT2D eigenvalue weighted by atomic mass is 19.1. The number of ether oxygens (including phenoxy) is 1. The van der Waals surface area contributed by atoms with Crippen LogP contribution in [-0.4, -0.2) is 40.6 Å². The lowest BCUT2D eigenvalue weighted by atomic mass is 9.86. The number of halogens is 1. The smallest absolute Gasteiger partial charge is 0.251 e. The molecule has 0 fully saturated rings. The van der Waals surface area contributed by atoms with Gasteiger partial charge in [0.15, 0.2) is 0 Å². The summed E-state index contributed by atoms with van der Waals surface area (Å²) in [4.78, 5) is 28.3. The normalized spacial score (nSPS) is 15.5. The second-order valence-corrected chi connectivity index (χ2v) is 9.63. The van der Waals surface area contributed by atoms with E-state index in [1.165, 1.54) is 11.0 Å². The van der Waals surface area contributed by atoms with Crippen molar-refractivity contribution in [3.05, 3.63) is 70.7 Å². The maximum atomic E-state index is 14.8. The Kier molecular flexibility index (Phi) is 6.60. The van der Waals surface area contributed by atoms with Gasteiger partial charge in [-0.25, -0.2) is 4.39 Å². The Hall–Kier alpha value is -3.75. The second kappa shape index (κ2) is 9.48. The number of nitrogens with zero attached hydrogens (tertiary/aromatic N) is 3. The third-order valence-electron chi connectivity index (χ3n) is 6.06. The second-order valence-electron chi connectivity index (χ2n) is 9.63. The van der Waals surface area contributed by atoms with Gasteiger partial charge in [-0.1, -0.05) is 32.9 Å². The van der Waals surface area contributed by atoms with Crippen molar-refractivity contribution in [1.82, 2.24) is 15.1 Å². The monoisotopic (exact) mass is 480 g/mol. The summed E-state index contributed by atoms with van der Waals surface area (Å²) >= 11 is 0. The van der Waals surface area contributed by atoms with Crippen molar-refractivity contribution in [2.24, 2.45) is 0 Å². The molecule has 3 aromatic rings. The summed E-state index contributed by atoms with van der Waals surface area (Å²) < 4.78 is 25.4. The average Bonchev–Trinajstić information content (AvgIpc) is 3.21. The maximum Gasteiger partial charge on any atom is 0.251 e. The van der Waals surface area contributed by atoms with Crippen LogP contribution in [0.2, 0.25) is 0 Å². The number of nitrogens with one attached hydrogen (secondary N) is 1. The van der Waals surface area contributed by atoms with Crippen LogP contribution in [0.5, 0.6) is 5.75 Å². The van der Waals surface area contributed by atoms with E-state index < -0.39 is 17.8 Å². The molecule has 2 aromatic carbocycles. The van der Waals surface area contributed by atoms with E-state index in [1.54, 1.807) is 38.3 Å². The summed E-state index contributed by atoms with van der Waals surface area (Å²) in [6.07, 6.45) is 0.435. The van der Waals surface area contributed by atoms with Crippen LogP contribution in [0, 0.1) is 12.7 Å². The van der Waals surface area contributed by atoms with Gasteiger partial charge in [-0.2, -0.15) is 0 Å². The predicted molar refractivity (Wildman–Crippen MR) is 128 cm³/mol. The minimum absolute atomic E-state index is 0.120. The third-order valence-corrected chi connectivity index (χ3v) is 6.06. The topological polar surface area (TPSA) is 97.6 Å². The number of amides is 2. The number of hydrogen-bond donors (Lipinski definition) is 1. The number of rotatable bonds is 5. The largest absolute Gasteiger partial charge is 0.497 e. The number of aryl methyl sites for hydroxylation is 1. The van der Waals surface area contributed by atoms with Crippen LogP contribution in [0.25, 0.3) is 0 Å². The number of methoxy groups -OCH3 is 1. The molecule has 2 heterocycles. The number of fused-ring (bicyclic) bond motifs is 1. The van der Waals surface area contributed by atoms with Crippen molar-refractivity contribution in [2.45, 2.75) is 52.0 Å². The predicted octanol–water partition coefficient (Wildman–Crippen LogP) is 4.13.